The number of ether oxygens (including phenoxy) is 1. The molecule has 2 saturated heterocycles. The van der Waals surface area contributed by atoms with Gasteiger partial charge >= 0.3 is 16.8 Å². The molecule has 0 bridgehead atoms. The van der Waals surface area contributed by atoms with E-state index in [1.807, 2.05) is 12.1 Å². The molecule has 0 radical (unpaired) electrons. The van der Waals surface area contributed by atoms with E-state index >= 15 is 4.79 Å². The third-order valence-electron chi connectivity index (χ3n) is 13.0. The number of likely N-dealkylation sites (tertiary alicyclic amines) is 1. The third kappa shape index (κ3) is 4.57. The molecule has 9 rings (SSSR count). The van der Waals surface area contributed by atoms with Crippen molar-refractivity contribution in [3.8, 4) is 17.0 Å². The minimum absolute atomic E-state index is 0.0702. The van der Waals surface area contributed by atoms with Crippen molar-refractivity contribution in [2.75, 3.05) is 34.2 Å². The van der Waals surface area contributed by atoms with Crippen LogP contribution in [0, 0.1) is 11.3 Å². The maximum Gasteiger partial charge on any atom is 0.387 e. The van der Waals surface area contributed by atoms with Gasteiger partial charge in [-0.25, -0.2) is 4.72 Å². The molecule has 3 aliphatic heterocycles. The maximum atomic E-state index is 15.1. The third-order valence-corrected chi connectivity index (χ3v) is 14.4. The highest BCUT2D eigenvalue weighted by atomic mass is 32.2. The average Bonchev–Trinajstić information content (AvgIpc) is 3.95. The molecule has 5 atom stereocenters. The normalized spacial score (nSPS) is 30.1. The first-order chi connectivity index (χ1) is 23.9. The van der Waals surface area contributed by atoms with Gasteiger partial charge in [-0.3, -0.25) is 9.59 Å². The van der Waals surface area contributed by atoms with Crippen molar-refractivity contribution in [3.63, 3.8) is 0 Å². The number of hydrogen-bond acceptors (Lipinski definition) is 6. The molecule has 2 aromatic carbocycles. The minimum Gasteiger partial charge on any atom is -0.435 e. The van der Waals surface area contributed by atoms with E-state index in [9.17, 15) is 22.0 Å². The summed E-state index contributed by atoms with van der Waals surface area (Å²) < 4.78 is 62.5. The van der Waals surface area contributed by atoms with Crippen molar-refractivity contribution in [2.45, 2.75) is 87.9 Å². The molecule has 3 aliphatic carbocycles. The fourth-order valence-corrected chi connectivity index (χ4v) is 10.9. The van der Waals surface area contributed by atoms with Gasteiger partial charge in [0.25, 0.3) is 5.91 Å². The second-order valence-electron chi connectivity index (χ2n) is 15.8. The fraction of sp³-hybridized carbons (Fsp3) is 0.568. The molecule has 4 heterocycles. The van der Waals surface area contributed by atoms with Crippen LogP contribution in [0.1, 0.15) is 84.7 Å². The van der Waals surface area contributed by atoms with Gasteiger partial charge in [-0.2, -0.15) is 21.5 Å². The smallest absolute Gasteiger partial charge is 0.387 e. The molecule has 2 amide bonds. The molecule has 10 nitrogen and oxygen atoms in total. The van der Waals surface area contributed by atoms with Crippen LogP contribution in [0.2, 0.25) is 0 Å². The Morgan fingerprint density at radius 1 is 1.04 bits per heavy atom. The van der Waals surface area contributed by atoms with E-state index in [1.165, 1.54) is 14.1 Å². The number of rotatable bonds is 7. The number of carbonyl (C=O) groups is 2. The monoisotopic (exact) mass is 707 g/mol. The van der Waals surface area contributed by atoms with E-state index in [1.54, 1.807) is 24.3 Å². The van der Waals surface area contributed by atoms with Crippen LogP contribution in [0.5, 0.6) is 5.75 Å². The summed E-state index contributed by atoms with van der Waals surface area (Å²) in [6.45, 7) is -0.749. The first kappa shape index (κ1) is 32.4. The number of amides is 2. The van der Waals surface area contributed by atoms with Crippen molar-refractivity contribution >= 4 is 32.9 Å². The van der Waals surface area contributed by atoms with Crippen molar-refractivity contribution in [1.82, 2.24) is 23.4 Å². The van der Waals surface area contributed by atoms with Crippen molar-refractivity contribution in [2.24, 2.45) is 11.3 Å². The lowest BCUT2D eigenvalue weighted by Gasteiger charge is -2.43. The minimum atomic E-state index is -4.02. The van der Waals surface area contributed by atoms with Crippen LogP contribution in [-0.4, -0.2) is 91.3 Å². The molecule has 1 N–H and O–H groups in total. The Bertz CT molecular complexity index is 2060. The number of aromatic nitrogens is 1. The van der Waals surface area contributed by atoms with Gasteiger partial charge in [0, 0.05) is 61.7 Å². The predicted molar refractivity (Wildman–Crippen MR) is 183 cm³/mol. The Morgan fingerprint density at radius 3 is 2.52 bits per heavy atom. The predicted octanol–water partition coefficient (Wildman–Crippen LogP) is 5.29. The Kier molecular flexibility index (Phi) is 7.10. The average molecular weight is 708 g/mol. The highest BCUT2D eigenvalue weighted by Crippen LogP contribution is 2.70. The zero-order valence-electron chi connectivity index (χ0n) is 28.6. The number of nitrogens with one attached hydrogen (secondary N) is 1. The summed E-state index contributed by atoms with van der Waals surface area (Å²) >= 11 is 0. The van der Waals surface area contributed by atoms with Gasteiger partial charge in [-0.05, 0) is 92.4 Å². The van der Waals surface area contributed by atoms with Crippen LogP contribution in [0.25, 0.3) is 22.2 Å². The van der Waals surface area contributed by atoms with Gasteiger partial charge in [0.1, 0.15) is 5.75 Å². The second-order valence-corrected chi connectivity index (χ2v) is 17.7. The lowest BCUT2D eigenvalue weighted by molar-refractivity contribution is -0.134. The molecular weight excluding hydrogens is 665 g/mol. The van der Waals surface area contributed by atoms with E-state index in [0.717, 1.165) is 95.6 Å². The molecule has 3 saturated carbocycles. The number of carbonyl (C=O) groups excluding carboxylic acids is 2. The van der Waals surface area contributed by atoms with Gasteiger partial charge in [-0.1, -0.05) is 25.3 Å². The number of alkyl halides is 2. The van der Waals surface area contributed by atoms with E-state index in [2.05, 4.69) is 26.1 Å². The quantitative estimate of drug-likeness (QED) is 0.335. The molecule has 1 spiro atoms. The van der Waals surface area contributed by atoms with Crippen LogP contribution in [0.3, 0.4) is 0 Å². The molecule has 13 heteroatoms. The largest absolute Gasteiger partial charge is 0.435 e. The van der Waals surface area contributed by atoms with Crippen LogP contribution >= 0.6 is 0 Å². The molecule has 1 aromatic heterocycles. The number of halogens is 2. The van der Waals surface area contributed by atoms with E-state index in [0.29, 0.717) is 18.9 Å². The topological polar surface area (TPSA) is 104 Å². The van der Waals surface area contributed by atoms with Crippen LogP contribution in [0.15, 0.2) is 36.4 Å². The zero-order valence-corrected chi connectivity index (χ0v) is 29.4. The lowest BCUT2D eigenvalue weighted by Crippen LogP contribution is -2.52. The van der Waals surface area contributed by atoms with Crippen molar-refractivity contribution < 1.29 is 31.5 Å². The van der Waals surface area contributed by atoms with Gasteiger partial charge in [0.05, 0.1) is 22.7 Å². The summed E-state index contributed by atoms with van der Waals surface area (Å²) in [5.74, 6) is 0.0128. The Hall–Kier alpha value is -3.55. The Labute approximate surface area is 290 Å². The van der Waals surface area contributed by atoms with Gasteiger partial charge in [-0.15, -0.1) is 0 Å². The first-order valence-electron chi connectivity index (χ1n) is 17.9. The second kappa shape index (κ2) is 11.0. The summed E-state index contributed by atoms with van der Waals surface area (Å²) in [6, 6.07) is 10.7. The molecule has 266 valence electrons. The van der Waals surface area contributed by atoms with Gasteiger partial charge in [0.15, 0.2) is 0 Å². The SMILES string of the molecule is CN1CC2CCC23C(C1)N3C(=O)C12CC1c1cc(OC(F)F)ccc1-c1c(C3CCCCC3)c3ccc(C(=O)NS(=O)(=O)N(C)C)cc3n1C2. The Morgan fingerprint density at radius 2 is 1.82 bits per heavy atom. The molecule has 5 fully saturated rings. The highest BCUT2D eigenvalue weighted by molar-refractivity contribution is 7.87. The summed E-state index contributed by atoms with van der Waals surface area (Å²) in [6.07, 6.45) is 8.06. The molecule has 3 aromatic rings. The number of fused-ring (bicyclic) bond motifs is 7. The standard InChI is InChI=1S/C37H43F2N5O5S/c1-41(2)50(47,48)40-33(45)22-9-11-26-29(15-22)43-20-36(34(46)44-30-19-42(3)18-23-13-14-37(23,30)44)17-28(36)27-16-24(49-35(38)39)10-12-25(27)32(43)31(26)21-7-5-4-6-8-21/h9-12,15-16,21,23,28,30,35H,4-8,13-14,17-20H2,1-3H3,(H,40,45). The van der Waals surface area contributed by atoms with Crippen molar-refractivity contribution in [3.05, 3.63) is 53.1 Å². The summed E-state index contributed by atoms with van der Waals surface area (Å²) in [5.41, 5.74) is 4.00. The van der Waals surface area contributed by atoms with E-state index < -0.39 is 28.1 Å². The van der Waals surface area contributed by atoms with Crippen LogP contribution in [-0.2, 0) is 21.5 Å². The van der Waals surface area contributed by atoms with Crippen LogP contribution < -0.4 is 9.46 Å². The summed E-state index contributed by atoms with van der Waals surface area (Å²) in [4.78, 5) is 33.0. The van der Waals surface area contributed by atoms with Crippen LogP contribution in [0.4, 0.5) is 8.78 Å². The van der Waals surface area contributed by atoms with Gasteiger partial charge in [0.2, 0.25) is 5.91 Å². The highest BCUT2D eigenvalue weighted by Gasteiger charge is 2.78. The van der Waals surface area contributed by atoms with Gasteiger partial charge < -0.3 is 19.1 Å². The fourth-order valence-electron chi connectivity index (χ4n) is 10.4. The zero-order chi connectivity index (χ0) is 34.9. The lowest BCUT2D eigenvalue weighted by atomic mass is 9.68. The van der Waals surface area contributed by atoms with E-state index in [4.69, 9.17) is 4.74 Å². The maximum absolute atomic E-state index is 15.1. The molecular formula is C37H43F2N5O5S. The number of benzene rings is 2. The molecule has 5 unspecified atom stereocenters. The first-order valence-corrected chi connectivity index (χ1v) is 19.3. The summed E-state index contributed by atoms with van der Waals surface area (Å²) in [5, 5.41) is 0.971. The molecule has 6 aliphatic rings. The number of nitrogens with zero attached hydrogens (tertiary/aromatic N) is 4. The van der Waals surface area contributed by atoms with Crippen molar-refractivity contribution in [1.29, 1.82) is 0 Å². The van der Waals surface area contributed by atoms with E-state index in [-0.39, 0.29) is 40.6 Å². The number of piperidine rings is 1. The number of hydrogen-bond donors (Lipinski definition) is 1. The summed E-state index contributed by atoms with van der Waals surface area (Å²) in [7, 11) is 0.811. The Balaban J connectivity index is 1.22. The number of likely N-dealkylation sites (N-methyl/N-ethyl adjacent to an activating group) is 1. The molecule has 50 heavy (non-hydrogen) atoms.